The van der Waals surface area contributed by atoms with Crippen molar-refractivity contribution in [1.29, 1.82) is 0 Å². The molecule has 1 fully saturated rings. The van der Waals surface area contributed by atoms with E-state index in [-0.39, 0.29) is 6.04 Å². The number of anilines is 1. The Balaban J connectivity index is 1.75. The zero-order valence-corrected chi connectivity index (χ0v) is 13.7. The zero-order chi connectivity index (χ0) is 15.3. The zero-order valence-electron chi connectivity index (χ0n) is 12.9. The molecule has 1 aliphatic rings. The van der Waals surface area contributed by atoms with E-state index in [1.54, 1.807) is 11.3 Å². The van der Waals surface area contributed by atoms with Crippen LogP contribution in [-0.4, -0.2) is 31.4 Å². The highest BCUT2D eigenvalue weighted by atomic mass is 32.1. The Labute approximate surface area is 131 Å². The van der Waals surface area contributed by atoms with Crippen molar-refractivity contribution in [3.05, 3.63) is 17.4 Å². The van der Waals surface area contributed by atoms with Gasteiger partial charge in [0.1, 0.15) is 6.04 Å². The summed E-state index contributed by atoms with van der Waals surface area (Å²) in [5, 5.41) is 9.38. The predicted octanol–water partition coefficient (Wildman–Crippen LogP) is 2.76. The van der Waals surface area contributed by atoms with Gasteiger partial charge in [-0.15, -0.1) is 0 Å². The Bertz CT molecular complexity index is 784. The quantitative estimate of drug-likeness (QED) is 0.723. The summed E-state index contributed by atoms with van der Waals surface area (Å²) < 4.78 is 8.42. The summed E-state index contributed by atoms with van der Waals surface area (Å²) in [6.45, 7) is 4.85. The molecule has 0 bridgehead atoms. The van der Waals surface area contributed by atoms with Gasteiger partial charge in [-0.05, 0) is 33.1 Å². The standard InChI is InChI=1S/C14H18N6OS/c1-8-11-12(19(3)17-8)16-14(22-11)20-7-5-4-6-10(20)13-15-9(2)18-21-13/h10H,4-7H2,1-3H3. The molecule has 0 N–H and O–H groups in total. The summed E-state index contributed by atoms with van der Waals surface area (Å²) in [5.41, 5.74) is 1.98. The molecule has 3 aromatic heterocycles. The summed E-state index contributed by atoms with van der Waals surface area (Å²) in [5.74, 6) is 1.39. The molecule has 3 aromatic rings. The third-order valence-corrected chi connectivity index (χ3v) is 5.30. The van der Waals surface area contributed by atoms with Crippen LogP contribution in [0.5, 0.6) is 0 Å². The number of hydrogen-bond acceptors (Lipinski definition) is 7. The van der Waals surface area contributed by atoms with Gasteiger partial charge < -0.3 is 9.42 Å². The number of nitrogens with zero attached hydrogens (tertiary/aromatic N) is 6. The van der Waals surface area contributed by atoms with Crippen molar-refractivity contribution in [3.8, 4) is 0 Å². The van der Waals surface area contributed by atoms with Crippen LogP contribution >= 0.6 is 11.3 Å². The summed E-state index contributed by atoms with van der Waals surface area (Å²) in [7, 11) is 1.94. The fourth-order valence-corrected chi connectivity index (χ4v) is 4.17. The first-order valence-corrected chi connectivity index (χ1v) is 8.32. The molecule has 116 valence electrons. The molecule has 1 saturated heterocycles. The number of aryl methyl sites for hydroxylation is 3. The predicted molar refractivity (Wildman–Crippen MR) is 84.1 cm³/mol. The van der Waals surface area contributed by atoms with Gasteiger partial charge in [0, 0.05) is 13.6 Å². The molecule has 0 saturated carbocycles. The number of fused-ring (bicyclic) bond motifs is 1. The van der Waals surface area contributed by atoms with Gasteiger partial charge in [-0.3, -0.25) is 0 Å². The molecule has 8 heteroatoms. The highest BCUT2D eigenvalue weighted by Gasteiger charge is 2.31. The lowest BCUT2D eigenvalue weighted by Crippen LogP contribution is -2.33. The molecule has 1 atom stereocenters. The van der Waals surface area contributed by atoms with Crippen LogP contribution < -0.4 is 4.90 Å². The topological polar surface area (TPSA) is 72.9 Å². The van der Waals surface area contributed by atoms with Gasteiger partial charge >= 0.3 is 0 Å². The van der Waals surface area contributed by atoms with E-state index >= 15 is 0 Å². The highest BCUT2D eigenvalue weighted by molar-refractivity contribution is 7.22. The first-order valence-electron chi connectivity index (χ1n) is 7.50. The van der Waals surface area contributed by atoms with Crippen LogP contribution in [-0.2, 0) is 7.05 Å². The Kier molecular flexibility index (Phi) is 3.14. The van der Waals surface area contributed by atoms with Crippen LogP contribution in [0.1, 0.15) is 42.7 Å². The Morgan fingerprint density at radius 1 is 1.23 bits per heavy atom. The van der Waals surface area contributed by atoms with Crippen LogP contribution in [0.15, 0.2) is 4.52 Å². The van der Waals surface area contributed by atoms with Crippen molar-refractivity contribution in [2.45, 2.75) is 39.2 Å². The van der Waals surface area contributed by atoms with E-state index in [2.05, 4.69) is 20.1 Å². The minimum Gasteiger partial charge on any atom is -0.337 e. The van der Waals surface area contributed by atoms with Gasteiger partial charge in [-0.25, -0.2) is 9.67 Å². The third-order valence-electron chi connectivity index (χ3n) is 4.11. The smallest absolute Gasteiger partial charge is 0.249 e. The van der Waals surface area contributed by atoms with Gasteiger partial charge in [-0.2, -0.15) is 10.1 Å². The molecule has 22 heavy (non-hydrogen) atoms. The SMILES string of the molecule is Cc1noc(C2CCCCN2c2nc3c(s2)c(C)nn3C)n1. The van der Waals surface area contributed by atoms with E-state index in [0.29, 0.717) is 11.7 Å². The molecule has 0 amide bonds. The molecule has 0 spiro atoms. The average Bonchev–Trinajstić information content (AvgIpc) is 3.18. The summed E-state index contributed by atoms with van der Waals surface area (Å²) in [6.07, 6.45) is 3.36. The second-order valence-electron chi connectivity index (χ2n) is 5.74. The second kappa shape index (κ2) is 5.05. The van der Waals surface area contributed by atoms with Crippen molar-refractivity contribution in [1.82, 2.24) is 24.9 Å². The molecule has 1 aliphatic heterocycles. The van der Waals surface area contributed by atoms with Crippen LogP contribution in [0.2, 0.25) is 0 Å². The van der Waals surface area contributed by atoms with E-state index in [0.717, 1.165) is 40.6 Å². The van der Waals surface area contributed by atoms with Gasteiger partial charge in [0.15, 0.2) is 16.6 Å². The molecular weight excluding hydrogens is 300 g/mol. The number of hydrogen-bond donors (Lipinski definition) is 0. The lowest BCUT2D eigenvalue weighted by Gasteiger charge is -2.32. The molecule has 0 radical (unpaired) electrons. The van der Waals surface area contributed by atoms with E-state index in [9.17, 15) is 0 Å². The van der Waals surface area contributed by atoms with E-state index in [1.807, 2.05) is 25.6 Å². The Morgan fingerprint density at radius 2 is 2.09 bits per heavy atom. The maximum Gasteiger partial charge on any atom is 0.249 e. The van der Waals surface area contributed by atoms with Gasteiger partial charge in [0.25, 0.3) is 0 Å². The fraction of sp³-hybridized carbons (Fsp3) is 0.571. The van der Waals surface area contributed by atoms with E-state index in [4.69, 9.17) is 9.51 Å². The monoisotopic (exact) mass is 318 g/mol. The van der Waals surface area contributed by atoms with E-state index < -0.39 is 0 Å². The Morgan fingerprint density at radius 3 is 2.82 bits per heavy atom. The van der Waals surface area contributed by atoms with Crippen LogP contribution in [0, 0.1) is 13.8 Å². The minimum atomic E-state index is 0.128. The first-order chi connectivity index (χ1) is 10.6. The van der Waals surface area contributed by atoms with Crippen molar-refractivity contribution in [2.75, 3.05) is 11.4 Å². The minimum absolute atomic E-state index is 0.128. The lowest BCUT2D eigenvalue weighted by atomic mass is 10.0. The largest absolute Gasteiger partial charge is 0.337 e. The van der Waals surface area contributed by atoms with Crippen LogP contribution in [0.4, 0.5) is 5.13 Å². The first kappa shape index (κ1) is 13.7. The van der Waals surface area contributed by atoms with Gasteiger partial charge in [0.2, 0.25) is 5.89 Å². The second-order valence-corrected chi connectivity index (χ2v) is 6.72. The number of rotatable bonds is 2. The summed E-state index contributed by atoms with van der Waals surface area (Å²) >= 11 is 1.70. The van der Waals surface area contributed by atoms with Gasteiger partial charge in [-0.1, -0.05) is 16.5 Å². The summed E-state index contributed by atoms with van der Waals surface area (Å²) in [4.78, 5) is 11.5. The fourth-order valence-electron chi connectivity index (χ4n) is 3.06. The molecular formula is C14H18N6OS. The van der Waals surface area contributed by atoms with E-state index in [1.165, 1.54) is 6.42 Å². The average molecular weight is 318 g/mol. The maximum absolute atomic E-state index is 5.42. The highest BCUT2D eigenvalue weighted by Crippen LogP contribution is 2.38. The normalized spacial score (nSPS) is 19.2. The van der Waals surface area contributed by atoms with Crippen LogP contribution in [0.25, 0.3) is 10.3 Å². The van der Waals surface area contributed by atoms with Crippen LogP contribution in [0.3, 0.4) is 0 Å². The van der Waals surface area contributed by atoms with Crippen molar-refractivity contribution >= 4 is 26.8 Å². The Hall–Kier alpha value is -1.96. The van der Waals surface area contributed by atoms with Crippen molar-refractivity contribution < 1.29 is 4.52 Å². The van der Waals surface area contributed by atoms with Gasteiger partial charge in [0.05, 0.1) is 10.4 Å². The number of piperidine rings is 1. The molecule has 4 heterocycles. The number of thiazole rings is 1. The molecule has 0 aliphatic carbocycles. The van der Waals surface area contributed by atoms with Crippen molar-refractivity contribution in [2.24, 2.45) is 7.05 Å². The lowest BCUT2D eigenvalue weighted by molar-refractivity contribution is 0.321. The molecule has 4 rings (SSSR count). The third kappa shape index (κ3) is 2.09. The summed E-state index contributed by atoms with van der Waals surface area (Å²) in [6, 6.07) is 0.128. The maximum atomic E-state index is 5.42. The molecule has 1 unspecified atom stereocenters. The molecule has 0 aromatic carbocycles. The number of aromatic nitrogens is 5. The van der Waals surface area contributed by atoms with Crippen molar-refractivity contribution in [3.63, 3.8) is 0 Å². The molecule has 7 nitrogen and oxygen atoms in total.